The third-order valence-corrected chi connectivity index (χ3v) is 9.22. The summed E-state index contributed by atoms with van der Waals surface area (Å²) in [5, 5.41) is 6.75. The van der Waals surface area contributed by atoms with E-state index in [2.05, 4.69) is 27.7 Å². The third-order valence-electron chi connectivity index (χ3n) is 9.22. The Hall–Kier alpha value is -2.33. The number of rotatable bonds is 6. The molecule has 2 aromatic carbocycles. The smallest absolute Gasteiger partial charge is 0.255 e. The second-order valence-electron chi connectivity index (χ2n) is 12.0. The molecule has 180 valence electrons. The standard InChI is InChI=1S/C30H39N3O/c1-21-4-2-3-5-28(21)32-29(34)25-6-8-26(9-7-25)31-27-10-12-33(13-11-27)20-30-17-22-14-23(18-30)16-24(15-22)19-30/h2-9,22-24,27,31H,10-20H2,1H3,(H,32,34). The molecule has 5 aliphatic rings. The summed E-state index contributed by atoms with van der Waals surface area (Å²) in [5.74, 6) is 3.09. The van der Waals surface area contributed by atoms with Crippen molar-refractivity contribution in [3.05, 3.63) is 59.7 Å². The zero-order valence-corrected chi connectivity index (χ0v) is 20.6. The molecule has 4 aliphatic carbocycles. The summed E-state index contributed by atoms with van der Waals surface area (Å²) in [5.41, 5.74) is 4.41. The first kappa shape index (κ1) is 22.2. The van der Waals surface area contributed by atoms with Crippen LogP contribution in [0.25, 0.3) is 0 Å². The lowest BCUT2D eigenvalue weighted by Crippen LogP contribution is -2.52. The van der Waals surface area contributed by atoms with Crippen LogP contribution in [0.4, 0.5) is 11.4 Å². The van der Waals surface area contributed by atoms with E-state index in [9.17, 15) is 4.79 Å². The predicted molar refractivity (Wildman–Crippen MR) is 139 cm³/mol. The summed E-state index contributed by atoms with van der Waals surface area (Å²) in [6.45, 7) is 5.80. The summed E-state index contributed by atoms with van der Waals surface area (Å²) >= 11 is 0. The maximum Gasteiger partial charge on any atom is 0.255 e. The lowest BCUT2D eigenvalue weighted by molar-refractivity contribution is -0.0711. The highest BCUT2D eigenvalue weighted by Gasteiger charge is 2.51. The van der Waals surface area contributed by atoms with Crippen molar-refractivity contribution in [1.82, 2.24) is 4.90 Å². The van der Waals surface area contributed by atoms with Gasteiger partial charge >= 0.3 is 0 Å². The van der Waals surface area contributed by atoms with E-state index in [1.807, 2.05) is 43.3 Å². The van der Waals surface area contributed by atoms with Crippen LogP contribution in [-0.4, -0.2) is 36.5 Å². The van der Waals surface area contributed by atoms with Crippen LogP contribution in [0.5, 0.6) is 0 Å². The van der Waals surface area contributed by atoms with Crippen molar-refractivity contribution in [3.8, 4) is 0 Å². The normalized spacial score (nSPS) is 30.9. The van der Waals surface area contributed by atoms with E-state index in [-0.39, 0.29) is 5.91 Å². The Bertz CT molecular complexity index is 986. The molecule has 34 heavy (non-hydrogen) atoms. The lowest BCUT2D eigenvalue weighted by Gasteiger charge is -2.58. The first-order valence-electron chi connectivity index (χ1n) is 13.5. The zero-order chi connectivity index (χ0) is 23.1. The highest BCUT2D eigenvalue weighted by Crippen LogP contribution is 2.60. The fraction of sp³-hybridized carbons (Fsp3) is 0.567. The lowest BCUT2D eigenvalue weighted by atomic mass is 9.49. The van der Waals surface area contributed by atoms with Gasteiger partial charge in [0.05, 0.1) is 0 Å². The summed E-state index contributed by atoms with van der Waals surface area (Å²) in [4.78, 5) is 15.4. The molecule has 4 bridgehead atoms. The number of amides is 1. The monoisotopic (exact) mass is 457 g/mol. The van der Waals surface area contributed by atoms with Gasteiger partial charge in [0.1, 0.15) is 0 Å². The number of hydrogen-bond acceptors (Lipinski definition) is 3. The number of benzene rings is 2. The topological polar surface area (TPSA) is 44.4 Å². The Morgan fingerprint density at radius 1 is 0.912 bits per heavy atom. The number of piperidine rings is 1. The number of aryl methyl sites for hydroxylation is 1. The molecule has 0 unspecified atom stereocenters. The quantitative estimate of drug-likeness (QED) is 0.532. The maximum absolute atomic E-state index is 12.6. The van der Waals surface area contributed by atoms with Gasteiger partial charge in [0.15, 0.2) is 0 Å². The van der Waals surface area contributed by atoms with Crippen molar-refractivity contribution in [3.63, 3.8) is 0 Å². The molecule has 4 heteroatoms. The van der Waals surface area contributed by atoms with Crippen molar-refractivity contribution < 1.29 is 4.79 Å². The maximum atomic E-state index is 12.6. The van der Waals surface area contributed by atoms with Crippen molar-refractivity contribution in [1.29, 1.82) is 0 Å². The van der Waals surface area contributed by atoms with E-state index in [4.69, 9.17) is 0 Å². The van der Waals surface area contributed by atoms with Crippen molar-refractivity contribution in [2.75, 3.05) is 30.3 Å². The molecule has 1 saturated heterocycles. The molecule has 0 aromatic heterocycles. The van der Waals surface area contributed by atoms with Gasteiger partial charge in [0.25, 0.3) is 5.91 Å². The fourth-order valence-corrected chi connectivity index (χ4v) is 8.05. The van der Waals surface area contributed by atoms with Crippen LogP contribution >= 0.6 is 0 Å². The molecule has 2 aromatic rings. The Morgan fingerprint density at radius 3 is 2.15 bits per heavy atom. The highest BCUT2D eigenvalue weighted by molar-refractivity contribution is 6.04. The predicted octanol–water partition coefficient (Wildman–Crippen LogP) is 6.34. The number of carbonyl (C=O) groups is 1. The van der Waals surface area contributed by atoms with Crippen LogP contribution in [0.3, 0.4) is 0 Å². The molecule has 7 rings (SSSR count). The van der Waals surface area contributed by atoms with Crippen LogP contribution in [-0.2, 0) is 0 Å². The SMILES string of the molecule is Cc1ccccc1NC(=O)c1ccc(NC2CCN(CC34CC5CC(CC(C5)C3)C4)CC2)cc1. The Labute approximate surface area is 204 Å². The molecule has 1 aliphatic heterocycles. The Balaban J connectivity index is 0.993. The number of likely N-dealkylation sites (tertiary alicyclic amines) is 1. The molecule has 0 atom stereocenters. The van der Waals surface area contributed by atoms with E-state index in [1.165, 1.54) is 71.0 Å². The van der Waals surface area contributed by atoms with E-state index in [1.54, 1.807) is 0 Å². The number of nitrogens with one attached hydrogen (secondary N) is 2. The van der Waals surface area contributed by atoms with E-state index < -0.39 is 0 Å². The molecular formula is C30H39N3O. The average Bonchev–Trinajstić information content (AvgIpc) is 2.81. The summed E-state index contributed by atoms with van der Waals surface area (Å²) in [6, 6.07) is 16.4. The second kappa shape index (κ2) is 9.03. The summed E-state index contributed by atoms with van der Waals surface area (Å²) < 4.78 is 0. The van der Waals surface area contributed by atoms with Gasteiger partial charge in [-0.1, -0.05) is 18.2 Å². The number of anilines is 2. The van der Waals surface area contributed by atoms with Crippen molar-refractivity contribution in [2.45, 2.75) is 64.3 Å². The van der Waals surface area contributed by atoms with Crippen LogP contribution in [0, 0.1) is 30.1 Å². The Morgan fingerprint density at radius 2 is 1.53 bits per heavy atom. The van der Waals surface area contributed by atoms with Gasteiger partial charge in [0, 0.05) is 42.6 Å². The van der Waals surface area contributed by atoms with E-state index in [0.29, 0.717) is 17.0 Å². The molecule has 4 nitrogen and oxygen atoms in total. The minimum absolute atomic E-state index is 0.0566. The number of carbonyl (C=O) groups excluding carboxylic acids is 1. The number of hydrogen-bond donors (Lipinski definition) is 2. The Kier molecular flexibility index (Phi) is 5.89. The summed E-state index contributed by atoms with van der Waals surface area (Å²) in [7, 11) is 0. The third kappa shape index (κ3) is 4.62. The molecule has 4 saturated carbocycles. The van der Waals surface area contributed by atoms with Crippen LogP contribution in [0.2, 0.25) is 0 Å². The highest BCUT2D eigenvalue weighted by atomic mass is 16.1. The van der Waals surface area contributed by atoms with Gasteiger partial charge in [-0.3, -0.25) is 4.79 Å². The molecular weight excluding hydrogens is 418 g/mol. The molecule has 2 N–H and O–H groups in total. The molecule has 0 radical (unpaired) electrons. The van der Waals surface area contributed by atoms with Gasteiger partial charge in [-0.25, -0.2) is 0 Å². The van der Waals surface area contributed by atoms with Gasteiger partial charge in [-0.05, 0) is 117 Å². The minimum atomic E-state index is -0.0566. The van der Waals surface area contributed by atoms with Crippen molar-refractivity contribution >= 4 is 17.3 Å². The molecule has 1 amide bonds. The molecule has 0 spiro atoms. The molecule has 1 heterocycles. The minimum Gasteiger partial charge on any atom is -0.382 e. The summed E-state index contributed by atoms with van der Waals surface area (Å²) in [6.07, 6.45) is 11.6. The van der Waals surface area contributed by atoms with Crippen LogP contribution < -0.4 is 10.6 Å². The average molecular weight is 458 g/mol. The van der Waals surface area contributed by atoms with Gasteiger partial charge in [-0.2, -0.15) is 0 Å². The van der Waals surface area contributed by atoms with E-state index >= 15 is 0 Å². The van der Waals surface area contributed by atoms with E-state index in [0.717, 1.165) is 34.7 Å². The largest absolute Gasteiger partial charge is 0.382 e. The van der Waals surface area contributed by atoms with Crippen molar-refractivity contribution in [2.24, 2.45) is 23.2 Å². The zero-order valence-electron chi connectivity index (χ0n) is 20.6. The second-order valence-corrected chi connectivity index (χ2v) is 12.0. The van der Waals surface area contributed by atoms with Gasteiger partial charge in [-0.15, -0.1) is 0 Å². The molecule has 5 fully saturated rings. The van der Waals surface area contributed by atoms with Gasteiger partial charge < -0.3 is 15.5 Å². The first-order chi connectivity index (χ1) is 16.5. The number of para-hydroxylation sites is 1. The van der Waals surface area contributed by atoms with Crippen LogP contribution in [0.15, 0.2) is 48.5 Å². The van der Waals surface area contributed by atoms with Gasteiger partial charge in [0.2, 0.25) is 0 Å². The number of nitrogens with zero attached hydrogens (tertiary/aromatic N) is 1. The fourth-order valence-electron chi connectivity index (χ4n) is 8.05. The van der Waals surface area contributed by atoms with Crippen LogP contribution in [0.1, 0.15) is 67.3 Å². The first-order valence-corrected chi connectivity index (χ1v) is 13.5.